The zero-order valence-corrected chi connectivity index (χ0v) is 15.3. The summed E-state index contributed by atoms with van der Waals surface area (Å²) in [4.78, 5) is 4.23. The molecule has 4 rings (SSSR count). The summed E-state index contributed by atoms with van der Waals surface area (Å²) in [5.74, 6) is 0.186. The maximum Gasteiger partial charge on any atom is 0.264 e. The molecule has 3 aromatic heterocycles. The third kappa shape index (κ3) is 3.05. The highest BCUT2D eigenvalue weighted by Gasteiger charge is 2.25. The predicted molar refractivity (Wildman–Crippen MR) is 96.5 cm³/mol. The molecule has 3 aromatic rings. The fourth-order valence-corrected chi connectivity index (χ4v) is 4.81. The van der Waals surface area contributed by atoms with E-state index in [1.807, 2.05) is 17.5 Å². The summed E-state index contributed by atoms with van der Waals surface area (Å²) < 4.78 is 35.9. The average molecular weight is 389 g/mol. The molecule has 4 heterocycles. The van der Waals surface area contributed by atoms with Gasteiger partial charge in [0.1, 0.15) is 16.5 Å². The Morgan fingerprint density at radius 3 is 2.92 bits per heavy atom. The third-order valence-electron chi connectivity index (χ3n) is 4.27. The molecule has 26 heavy (non-hydrogen) atoms. The number of ether oxygens (including phenoxy) is 1. The Morgan fingerprint density at radius 2 is 2.15 bits per heavy atom. The van der Waals surface area contributed by atoms with Gasteiger partial charge in [-0.3, -0.25) is 9.71 Å². The van der Waals surface area contributed by atoms with Gasteiger partial charge in [0.15, 0.2) is 5.82 Å². The lowest BCUT2D eigenvalue weighted by Gasteiger charge is -2.24. The molecule has 0 radical (unpaired) electrons. The second-order valence-electron chi connectivity index (χ2n) is 5.89. The molecule has 134 valence electrons. The summed E-state index contributed by atoms with van der Waals surface area (Å²) in [7, 11) is -3.90. The Labute approximate surface area is 154 Å². The lowest BCUT2D eigenvalue weighted by atomic mass is 10.1. The van der Waals surface area contributed by atoms with E-state index in [2.05, 4.69) is 14.8 Å². The van der Waals surface area contributed by atoms with Gasteiger partial charge in [-0.15, -0.1) is 11.3 Å². The normalized spacial score (nSPS) is 15.8. The molecule has 1 fully saturated rings. The first-order valence-corrected chi connectivity index (χ1v) is 10.4. The molecule has 1 saturated heterocycles. The lowest BCUT2D eigenvalue weighted by molar-refractivity contribution is 0.0669. The summed E-state index contributed by atoms with van der Waals surface area (Å²) in [6.45, 7) is 1.16. The Balaban J connectivity index is 1.71. The number of fused-ring (bicyclic) bond motifs is 1. The highest BCUT2D eigenvalue weighted by Crippen LogP contribution is 2.29. The van der Waals surface area contributed by atoms with Crippen LogP contribution in [-0.2, 0) is 14.8 Å². The number of sulfonamides is 1. The Morgan fingerprint density at radius 1 is 1.35 bits per heavy atom. The molecular weight excluding hydrogens is 374 g/mol. The molecule has 0 saturated carbocycles. The molecule has 1 aliphatic heterocycles. The number of rotatable bonds is 4. The smallest absolute Gasteiger partial charge is 0.264 e. The lowest BCUT2D eigenvalue weighted by Crippen LogP contribution is -2.24. The summed E-state index contributed by atoms with van der Waals surface area (Å²) in [5.41, 5.74) is 0.934. The standard InChI is InChI=1S/C16H15N5O3S2/c17-8-11-9-19-21(12-1-4-24-5-2-12)16(11)20-26(22,23)13-7-15-14(18-10-13)3-6-25-15/h3,6-7,9-10,12,20H,1-2,4-5H2. The second-order valence-corrected chi connectivity index (χ2v) is 8.52. The molecule has 1 aliphatic rings. The maximum absolute atomic E-state index is 12.8. The van der Waals surface area contributed by atoms with Crippen LogP contribution in [-0.4, -0.2) is 36.4 Å². The van der Waals surface area contributed by atoms with Crippen molar-refractivity contribution in [3.8, 4) is 6.07 Å². The van der Waals surface area contributed by atoms with Gasteiger partial charge >= 0.3 is 0 Å². The van der Waals surface area contributed by atoms with Gasteiger partial charge < -0.3 is 4.74 Å². The molecule has 0 unspecified atom stereocenters. The number of nitrogens with zero attached hydrogens (tertiary/aromatic N) is 4. The van der Waals surface area contributed by atoms with Gasteiger partial charge in [-0.25, -0.2) is 13.1 Å². The molecular formula is C16H15N5O3S2. The number of thiophene rings is 1. The SMILES string of the molecule is N#Cc1cnn(C2CCOCC2)c1NS(=O)(=O)c1cnc2ccsc2c1. The number of hydrogen-bond acceptors (Lipinski definition) is 7. The van der Waals surface area contributed by atoms with Crippen molar-refractivity contribution < 1.29 is 13.2 Å². The van der Waals surface area contributed by atoms with Crippen LogP contribution in [0.1, 0.15) is 24.4 Å². The van der Waals surface area contributed by atoms with Crippen LogP contribution in [0.4, 0.5) is 5.82 Å². The molecule has 0 aliphatic carbocycles. The van der Waals surface area contributed by atoms with Crippen LogP contribution in [0, 0.1) is 11.3 Å². The van der Waals surface area contributed by atoms with Crippen LogP contribution in [0.25, 0.3) is 10.2 Å². The number of pyridine rings is 1. The van der Waals surface area contributed by atoms with Crippen LogP contribution < -0.4 is 4.72 Å². The van der Waals surface area contributed by atoms with E-state index in [0.29, 0.717) is 26.1 Å². The van der Waals surface area contributed by atoms with Gasteiger partial charge in [0.05, 0.1) is 22.5 Å². The monoisotopic (exact) mass is 389 g/mol. The summed E-state index contributed by atoms with van der Waals surface area (Å²) in [5, 5.41) is 15.4. The van der Waals surface area contributed by atoms with E-state index in [9.17, 15) is 13.7 Å². The fourth-order valence-electron chi connectivity index (χ4n) is 2.91. The van der Waals surface area contributed by atoms with Gasteiger partial charge in [-0.1, -0.05) is 0 Å². The highest BCUT2D eigenvalue weighted by molar-refractivity contribution is 7.92. The number of anilines is 1. The molecule has 8 nitrogen and oxygen atoms in total. The summed E-state index contributed by atoms with van der Waals surface area (Å²) in [6, 6.07) is 5.40. The van der Waals surface area contributed by atoms with Crippen LogP contribution >= 0.6 is 11.3 Å². The minimum atomic E-state index is -3.90. The van der Waals surface area contributed by atoms with Crippen molar-refractivity contribution in [3.05, 3.63) is 35.5 Å². The van der Waals surface area contributed by atoms with E-state index in [1.165, 1.54) is 23.7 Å². The molecule has 0 amide bonds. The van der Waals surface area contributed by atoms with E-state index in [0.717, 1.165) is 10.2 Å². The first kappa shape index (κ1) is 17.0. The number of hydrogen-bond donors (Lipinski definition) is 1. The van der Waals surface area contributed by atoms with E-state index in [-0.39, 0.29) is 22.3 Å². The minimum absolute atomic E-state index is 0.0125. The zero-order chi connectivity index (χ0) is 18.1. The van der Waals surface area contributed by atoms with Crippen LogP contribution in [0.2, 0.25) is 0 Å². The molecule has 0 bridgehead atoms. The predicted octanol–water partition coefficient (Wildman–Crippen LogP) is 2.52. The quantitative estimate of drug-likeness (QED) is 0.734. The molecule has 0 spiro atoms. The first-order valence-electron chi connectivity index (χ1n) is 8.00. The van der Waals surface area contributed by atoms with Crippen LogP contribution in [0.15, 0.2) is 34.8 Å². The molecule has 0 atom stereocenters. The number of aromatic nitrogens is 3. The minimum Gasteiger partial charge on any atom is -0.381 e. The van der Waals surface area contributed by atoms with Gasteiger partial charge in [-0.2, -0.15) is 10.4 Å². The number of nitrogens with one attached hydrogen (secondary N) is 1. The molecule has 10 heteroatoms. The Bertz CT molecular complexity index is 1090. The van der Waals surface area contributed by atoms with E-state index in [1.54, 1.807) is 10.7 Å². The second kappa shape index (κ2) is 6.68. The van der Waals surface area contributed by atoms with Crippen molar-refractivity contribution in [3.63, 3.8) is 0 Å². The topological polar surface area (TPSA) is 110 Å². The van der Waals surface area contributed by atoms with Crippen molar-refractivity contribution in [2.75, 3.05) is 17.9 Å². The van der Waals surface area contributed by atoms with Crippen molar-refractivity contribution in [2.24, 2.45) is 0 Å². The maximum atomic E-state index is 12.8. The van der Waals surface area contributed by atoms with E-state index < -0.39 is 10.0 Å². The Hall–Kier alpha value is -2.48. The fraction of sp³-hybridized carbons (Fsp3) is 0.312. The number of nitriles is 1. The van der Waals surface area contributed by atoms with Crippen molar-refractivity contribution >= 4 is 37.4 Å². The zero-order valence-electron chi connectivity index (χ0n) is 13.6. The van der Waals surface area contributed by atoms with E-state index in [4.69, 9.17) is 4.74 Å². The highest BCUT2D eigenvalue weighted by atomic mass is 32.2. The van der Waals surface area contributed by atoms with Crippen molar-refractivity contribution in [2.45, 2.75) is 23.8 Å². The van der Waals surface area contributed by atoms with Crippen LogP contribution in [0.5, 0.6) is 0 Å². The van der Waals surface area contributed by atoms with Crippen LogP contribution in [0.3, 0.4) is 0 Å². The average Bonchev–Trinajstić information content (AvgIpc) is 3.28. The summed E-state index contributed by atoms with van der Waals surface area (Å²) >= 11 is 1.42. The summed E-state index contributed by atoms with van der Waals surface area (Å²) in [6.07, 6.45) is 4.13. The Kier molecular flexibility index (Phi) is 4.36. The molecule has 1 N–H and O–H groups in total. The van der Waals surface area contributed by atoms with E-state index >= 15 is 0 Å². The van der Waals surface area contributed by atoms with Gasteiger partial charge in [0, 0.05) is 19.4 Å². The largest absolute Gasteiger partial charge is 0.381 e. The molecule has 0 aromatic carbocycles. The van der Waals surface area contributed by atoms with Gasteiger partial charge in [-0.05, 0) is 30.4 Å². The first-order chi connectivity index (χ1) is 12.6. The van der Waals surface area contributed by atoms with Gasteiger partial charge in [0.25, 0.3) is 10.0 Å². The third-order valence-corrected chi connectivity index (χ3v) is 6.43. The van der Waals surface area contributed by atoms with Crippen molar-refractivity contribution in [1.29, 1.82) is 5.26 Å². The van der Waals surface area contributed by atoms with Crippen molar-refractivity contribution in [1.82, 2.24) is 14.8 Å². The van der Waals surface area contributed by atoms with Gasteiger partial charge in [0.2, 0.25) is 0 Å².